The lowest BCUT2D eigenvalue weighted by molar-refractivity contribution is 0.0951. The second-order valence-corrected chi connectivity index (χ2v) is 7.40. The van der Waals surface area contributed by atoms with E-state index in [2.05, 4.69) is 10.2 Å². The second-order valence-electron chi connectivity index (χ2n) is 6.96. The lowest BCUT2D eigenvalue weighted by atomic mass is 9.87. The van der Waals surface area contributed by atoms with Crippen molar-refractivity contribution in [1.29, 1.82) is 0 Å². The summed E-state index contributed by atoms with van der Waals surface area (Å²) >= 11 is 6.20. The van der Waals surface area contributed by atoms with Crippen molar-refractivity contribution < 1.29 is 9.21 Å². The number of benzene rings is 1. The Kier molecular flexibility index (Phi) is 4.02. The Bertz CT molecular complexity index is 1200. The summed E-state index contributed by atoms with van der Waals surface area (Å²) in [7, 11) is 0. The maximum Gasteiger partial charge on any atom is 0.185 e. The zero-order chi connectivity index (χ0) is 19.3. The molecule has 3 aromatic heterocycles. The maximum atomic E-state index is 12.7. The number of carbonyl (C=O) groups excluding carboxylic acids is 1. The van der Waals surface area contributed by atoms with E-state index in [1.807, 2.05) is 43.3 Å². The largest absolute Gasteiger partial charge is 0.469 e. The predicted octanol–water partition coefficient (Wildman–Crippen LogP) is 4.51. The van der Waals surface area contributed by atoms with E-state index >= 15 is 0 Å². The van der Waals surface area contributed by atoms with Crippen LogP contribution in [-0.2, 0) is 12.8 Å². The molecular formula is C21H17ClN4O2. The van der Waals surface area contributed by atoms with Gasteiger partial charge in [-0.3, -0.25) is 4.79 Å². The maximum absolute atomic E-state index is 12.7. The van der Waals surface area contributed by atoms with Crippen molar-refractivity contribution in [3.63, 3.8) is 0 Å². The van der Waals surface area contributed by atoms with Gasteiger partial charge in [0.15, 0.2) is 17.1 Å². The summed E-state index contributed by atoms with van der Waals surface area (Å²) in [5.41, 5.74) is 4.58. The molecular weight excluding hydrogens is 376 g/mol. The highest BCUT2D eigenvalue weighted by Gasteiger charge is 2.32. The molecule has 28 heavy (non-hydrogen) atoms. The summed E-state index contributed by atoms with van der Waals surface area (Å²) in [6.45, 7) is 2.05. The highest BCUT2D eigenvalue weighted by atomic mass is 35.5. The minimum atomic E-state index is -0.0325. The van der Waals surface area contributed by atoms with Gasteiger partial charge in [-0.25, -0.2) is 4.52 Å². The Balaban J connectivity index is 1.72. The van der Waals surface area contributed by atoms with E-state index in [9.17, 15) is 4.79 Å². The van der Waals surface area contributed by atoms with Crippen LogP contribution in [0.25, 0.3) is 16.8 Å². The first-order valence-corrected chi connectivity index (χ1v) is 9.63. The van der Waals surface area contributed by atoms with Crippen LogP contribution in [0.5, 0.6) is 0 Å². The number of Topliss-reactive ketones (excluding diaryl/α,β-unsaturated/α-hetero) is 1. The number of nitrogens with zero attached hydrogens (tertiary/aromatic N) is 4. The topological polar surface area (TPSA) is 73.3 Å². The van der Waals surface area contributed by atoms with Gasteiger partial charge in [-0.1, -0.05) is 30.7 Å². The van der Waals surface area contributed by atoms with E-state index in [1.54, 1.807) is 10.8 Å². The first kappa shape index (κ1) is 17.1. The summed E-state index contributed by atoms with van der Waals surface area (Å²) in [6.07, 6.45) is 3.36. The van der Waals surface area contributed by atoms with Crippen LogP contribution in [0.3, 0.4) is 0 Å². The molecule has 140 valence electrons. The Morgan fingerprint density at radius 1 is 1.21 bits per heavy atom. The van der Waals surface area contributed by atoms with E-state index in [0.29, 0.717) is 29.2 Å². The number of aryl methyl sites for hydroxylation is 1. The van der Waals surface area contributed by atoms with Gasteiger partial charge in [0.05, 0.1) is 23.2 Å². The van der Waals surface area contributed by atoms with E-state index < -0.39 is 0 Å². The number of carbonyl (C=O) groups is 1. The molecule has 0 bridgehead atoms. The number of aromatic nitrogens is 4. The standard InChI is InChI=1S/C21H17ClN4O2/c1-2-15-19(12-5-3-6-14(22)9-12)21-24-23-20-16(26(21)25-15)10-13(11-17(20)27)18-7-4-8-28-18/h3-9,13H,2,10-11H2,1H3/t13-/m1/s1. The fourth-order valence-electron chi connectivity index (χ4n) is 3.93. The molecule has 0 unspecified atom stereocenters. The zero-order valence-electron chi connectivity index (χ0n) is 15.2. The molecule has 0 aliphatic heterocycles. The summed E-state index contributed by atoms with van der Waals surface area (Å²) in [6, 6.07) is 11.4. The predicted molar refractivity (Wildman–Crippen MR) is 105 cm³/mol. The van der Waals surface area contributed by atoms with Crippen LogP contribution >= 0.6 is 11.6 Å². The first-order chi connectivity index (χ1) is 13.7. The van der Waals surface area contributed by atoms with Crippen molar-refractivity contribution in [3.05, 3.63) is 70.5 Å². The molecule has 0 spiro atoms. The van der Waals surface area contributed by atoms with Crippen molar-refractivity contribution in [2.75, 3.05) is 0 Å². The highest BCUT2D eigenvalue weighted by Crippen LogP contribution is 2.35. The Morgan fingerprint density at radius 2 is 2.11 bits per heavy atom. The molecule has 7 heteroatoms. The first-order valence-electron chi connectivity index (χ1n) is 9.25. The van der Waals surface area contributed by atoms with Gasteiger partial charge < -0.3 is 4.42 Å². The van der Waals surface area contributed by atoms with Gasteiger partial charge in [0.1, 0.15) is 5.76 Å². The third-order valence-electron chi connectivity index (χ3n) is 5.24. The molecule has 6 nitrogen and oxygen atoms in total. The number of fused-ring (bicyclic) bond motifs is 3. The van der Waals surface area contributed by atoms with Gasteiger partial charge in [0, 0.05) is 23.8 Å². The van der Waals surface area contributed by atoms with Gasteiger partial charge in [-0.15, -0.1) is 10.2 Å². The summed E-state index contributed by atoms with van der Waals surface area (Å²) in [4.78, 5) is 12.7. The van der Waals surface area contributed by atoms with Gasteiger partial charge in [-0.05, 0) is 36.2 Å². The van der Waals surface area contributed by atoms with Crippen LogP contribution in [0.15, 0.2) is 47.1 Å². The lowest BCUT2D eigenvalue weighted by Crippen LogP contribution is -2.24. The molecule has 0 radical (unpaired) electrons. The lowest BCUT2D eigenvalue weighted by Gasteiger charge is -2.21. The van der Waals surface area contributed by atoms with Gasteiger partial charge in [0.25, 0.3) is 0 Å². The van der Waals surface area contributed by atoms with Crippen molar-refractivity contribution in [3.8, 4) is 11.1 Å². The van der Waals surface area contributed by atoms with Crippen LogP contribution in [0.2, 0.25) is 5.02 Å². The minimum Gasteiger partial charge on any atom is -0.469 e. The third-order valence-corrected chi connectivity index (χ3v) is 5.47. The monoisotopic (exact) mass is 392 g/mol. The van der Waals surface area contributed by atoms with Crippen molar-refractivity contribution in [1.82, 2.24) is 19.8 Å². The Morgan fingerprint density at radius 3 is 2.86 bits per heavy atom. The molecule has 0 fully saturated rings. The number of hydrogen-bond acceptors (Lipinski definition) is 5. The summed E-state index contributed by atoms with van der Waals surface area (Å²) in [5.74, 6) is 0.753. The number of rotatable bonds is 3. The van der Waals surface area contributed by atoms with Crippen LogP contribution in [0, 0.1) is 0 Å². The van der Waals surface area contributed by atoms with E-state index in [4.69, 9.17) is 21.1 Å². The van der Waals surface area contributed by atoms with Crippen LogP contribution in [-0.4, -0.2) is 25.6 Å². The number of furan rings is 1. The van der Waals surface area contributed by atoms with Gasteiger partial charge in [0.2, 0.25) is 0 Å². The SMILES string of the molecule is CCc1nn2c3c(nnc2c1-c1cccc(Cl)c1)C(=O)C[C@H](c1ccco1)C3. The molecule has 4 aromatic rings. The van der Waals surface area contributed by atoms with Crippen LogP contribution in [0.1, 0.15) is 46.9 Å². The average molecular weight is 393 g/mol. The summed E-state index contributed by atoms with van der Waals surface area (Å²) < 4.78 is 7.33. The Hall–Kier alpha value is -2.99. The van der Waals surface area contributed by atoms with Gasteiger partial charge >= 0.3 is 0 Å². The molecule has 1 aliphatic carbocycles. The van der Waals surface area contributed by atoms with E-state index in [-0.39, 0.29) is 11.7 Å². The Labute approximate surface area is 166 Å². The van der Waals surface area contributed by atoms with Crippen LogP contribution in [0.4, 0.5) is 0 Å². The number of hydrogen-bond donors (Lipinski definition) is 0. The third kappa shape index (κ3) is 2.64. The zero-order valence-corrected chi connectivity index (χ0v) is 16.0. The van der Waals surface area contributed by atoms with E-state index in [1.165, 1.54) is 0 Å². The van der Waals surface area contributed by atoms with Crippen LogP contribution < -0.4 is 0 Å². The molecule has 1 aliphatic rings. The van der Waals surface area contributed by atoms with Crippen molar-refractivity contribution in [2.24, 2.45) is 0 Å². The highest BCUT2D eigenvalue weighted by molar-refractivity contribution is 6.30. The number of ketones is 1. The quantitative estimate of drug-likeness (QED) is 0.512. The normalized spacial score (nSPS) is 16.5. The van der Waals surface area contributed by atoms with E-state index in [0.717, 1.165) is 34.7 Å². The smallest absolute Gasteiger partial charge is 0.185 e. The molecule has 5 rings (SSSR count). The molecule has 0 saturated heterocycles. The molecule has 0 N–H and O–H groups in total. The van der Waals surface area contributed by atoms with Crippen molar-refractivity contribution in [2.45, 2.75) is 32.1 Å². The minimum absolute atomic E-state index is 0.0219. The van der Waals surface area contributed by atoms with Crippen molar-refractivity contribution >= 4 is 23.0 Å². The fourth-order valence-corrected chi connectivity index (χ4v) is 4.12. The second kappa shape index (κ2) is 6.56. The average Bonchev–Trinajstić information content (AvgIpc) is 3.35. The molecule has 1 atom stereocenters. The molecule has 0 amide bonds. The van der Waals surface area contributed by atoms with Gasteiger partial charge in [-0.2, -0.15) is 5.10 Å². The summed E-state index contributed by atoms with van der Waals surface area (Å²) in [5, 5.41) is 14.1. The molecule has 3 heterocycles. The fraction of sp³-hybridized carbons (Fsp3) is 0.238. The molecule has 1 aromatic carbocycles. The molecule has 0 saturated carbocycles. The number of halogens is 1.